The maximum Gasteiger partial charge on any atom is 0.329 e. The van der Waals surface area contributed by atoms with Crippen molar-refractivity contribution in [1.82, 2.24) is 10.2 Å². The van der Waals surface area contributed by atoms with Gasteiger partial charge in [-0.2, -0.15) is 0 Å². The molecule has 3 rings (SSSR count). The second-order valence-corrected chi connectivity index (χ2v) is 6.30. The predicted octanol–water partition coefficient (Wildman–Crippen LogP) is 3.39. The molecular formula is C17H19N3O. The van der Waals surface area contributed by atoms with Crippen LogP contribution in [0.3, 0.4) is 0 Å². The Kier molecular flexibility index (Phi) is 2.97. The van der Waals surface area contributed by atoms with Crippen molar-refractivity contribution < 1.29 is 4.79 Å². The number of hydrogen-bond acceptors (Lipinski definition) is 2. The third-order valence-corrected chi connectivity index (χ3v) is 3.90. The van der Waals surface area contributed by atoms with Crippen LogP contribution in [0.2, 0.25) is 0 Å². The molecule has 21 heavy (non-hydrogen) atoms. The predicted molar refractivity (Wildman–Crippen MR) is 83.7 cm³/mol. The lowest BCUT2D eigenvalue weighted by Gasteiger charge is -2.46. The van der Waals surface area contributed by atoms with Crippen LogP contribution in [0.5, 0.6) is 0 Å². The molecule has 4 heteroatoms. The Morgan fingerprint density at radius 1 is 1.14 bits per heavy atom. The van der Waals surface area contributed by atoms with Gasteiger partial charge >= 0.3 is 6.03 Å². The van der Waals surface area contributed by atoms with Crippen LogP contribution in [0.4, 0.5) is 4.79 Å². The standard InChI is InChI=1S/C17H19N3O/c1-16(2,3)17(13-9-5-4-6-10-13)18-14-11-7-8-12-20(14)15(21)19-17/h4-12H,1-3H3,(H,19,21)/t17-/m0/s1. The maximum absolute atomic E-state index is 12.5. The molecule has 0 spiro atoms. The molecule has 0 saturated heterocycles. The van der Waals surface area contributed by atoms with Crippen molar-refractivity contribution in [2.24, 2.45) is 10.4 Å². The molecular weight excluding hydrogens is 262 g/mol. The monoisotopic (exact) mass is 281 g/mol. The molecule has 0 aliphatic carbocycles. The normalized spacial score (nSPS) is 24.4. The fourth-order valence-electron chi connectivity index (χ4n) is 2.72. The Morgan fingerprint density at radius 3 is 2.52 bits per heavy atom. The van der Waals surface area contributed by atoms with E-state index in [1.54, 1.807) is 6.20 Å². The fourth-order valence-corrected chi connectivity index (χ4v) is 2.72. The van der Waals surface area contributed by atoms with Crippen LogP contribution in [0, 0.1) is 5.41 Å². The summed E-state index contributed by atoms with van der Waals surface area (Å²) >= 11 is 0. The summed E-state index contributed by atoms with van der Waals surface area (Å²) in [6.07, 6.45) is 7.31. The minimum atomic E-state index is -0.771. The average molecular weight is 281 g/mol. The Labute approximate surface area is 124 Å². The number of fused-ring (bicyclic) bond motifs is 1. The van der Waals surface area contributed by atoms with Gasteiger partial charge in [0.1, 0.15) is 5.84 Å². The fraction of sp³-hybridized carbons (Fsp3) is 0.294. The molecule has 2 aliphatic rings. The van der Waals surface area contributed by atoms with Gasteiger partial charge in [0, 0.05) is 17.2 Å². The number of nitrogens with zero attached hydrogens (tertiary/aromatic N) is 2. The van der Waals surface area contributed by atoms with Crippen LogP contribution < -0.4 is 5.32 Å². The minimum Gasteiger partial charge on any atom is -0.308 e. The van der Waals surface area contributed by atoms with Crippen molar-refractivity contribution in [2.75, 3.05) is 0 Å². The Bertz CT molecular complexity index is 652. The summed E-state index contributed by atoms with van der Waals surface area (Å²) in [6, 6.07) is 9.77. The minimum absolute atomic E-state index is 0.153. The lowest BCUT2D eigenvalue weighted by Crippen LogP contribution is -2.61. The number of carbonyl (C=O) groups is 1. The van der Waals surface area contributed by atoms with E-state index >= 15 is 0 Å². The van der Waals surface area contributed by atoms with Gasteiger partial charge in [-0.25, -0.2) is 9.79 Å². The van der Waals surface area contributed by atoms with Gasteiger partial charge in [-0.15, -0.1) is 0 Å². The molecule has 1 atom stereocenters. The molecule has 2 aliphatic heterocycles. The van der Waals surface area contributed by atoms with Crippen molar-refractivity contribution in [1.29, 1.82) is 0 Å². The Hall–Kier alpha value is -2.36. The number of urea groups is 1. The SMILES string of the molecule is CC(C)(C)[C@@]1(c2ccccc2)N=C2C=CC=CN2C(=O)N1. The highest BCUT2D eigenvalue weighted by molar-refractivity contribution is 6.07. The van der Waals surface area contributed by atoms with E-state index in [1.807, 2.05) is 48.6 Å². The van der Waals surface area contributed by atoms with Crippen LogP contribution in [0.25, 0.3) is 0 Å². The largest absolute Gasteiger partial charge is 0.329 e. The molecule has 4 nitrogen and oxygen atoms in total. The summed E-state index contributed by atoms with van der Waals surface area (Å²) in [5.74, 6) is 0.667. The summed E-state index contributed by atoms with van der Waals surface area (Å²) in [4.78, 5) is 18.9. The number of nitrogens with one attached hydrogen (secondary N) is 1. The number of carbonyl (C=O) groups excluding carboxylic acids is 1. The van der Waals surface area contributed by atoms with Crippen molar-refractivity contribution >= 4 is 11.9 Å². The van der Waals surface area contributed by atoms with Gasteiger partial charge in [-0.1, -0.05) is 57.2 Å². The molecule has 0 bridgehead atoms. The first kappa shape index (κ1) is 13.6. The molecule has 1 aromatic carbocycles. The first-order chi connectivity index (χ1) is 9.94. The summed E-state index contributed by atoms with van der Waals surface area (Å²) in [7, 11) is 0. The molecule has 0 saturated carbocycles. The van der Waals surface area contributed by atoms with E-state index in [4.69, 9.17) is 4.99 Å². The first-order valence-corrected chi connectivity index (χ1v) is 7.06. The van der Waals surface area contributed by atoms with Crippen molar-refractivity contribution in [3.05, 3.63) is 60.3 Å². The summed E-state index contributed by atoms with van der Waals surface area (Å²) in [5, 5.41) is 3.10. The van der Waals surface area contributed by atoms with Crippen LogP contribution >= 0.6 is 0 Å². The molecule has 0 unspecified atom stereocenters. The van der Waals surface area contributed by atoms with E-state index in [9.17, 15) is 4.79 Å². The number of rotatable bonds is 1. The van der Waals surface area contributed by atoms with Gasteiger partial charge in [-0.05, 0) is 12.2 Å². The van der Waals surface area contributed by atoms with Gasteiger partial charge in [0.2, 0.25) is 0 Å². The van der Waals surface area contributed by atoms with E-state index in [0.29, 0.717) is 5.84 Å². The summed E-state index contributed by atoms with van der Waals surface area (Å²) in [6.45, 7) is 6.26. The number of amides is 2. The van der Waals surface area contributed by atoms with E-state index in [-0.39, 0.29) is 11.4 Å². The highest BCUT2D eigenvalue weighted by Crippen LogP contribution is 2.42. The smallest absolute Gasteiger partial charge is 0.308 e. The number of amidine groups is 1. The second-order valence-electron chi connectivity index (χ2n) is 6.30. The molecule has 2 heterocycles. The van der Waals surface area contributed by atoms with Crippen LogP contribution in [-0.2, 0) is 5.66 Å². The number of hydrogen-bond donors (Lipinski definition) is 1. The van der Waals surface area contributed by atoms with Crippen molar-refractivity contribution in [2.45, 2.75) is 26.4 Å². The van der Waals surface area contributed by atoms with E-state index < -0.39 is 5.66 Å². The molecule has 1 N–H and O–H groups in total. The van der Waals surface area contributed by atoms with Crippen LogP contribution in [0.15, 0.2) is 59.8 Å². The molecule has 0 fully saturated rings. The lowest BCUT2D eigenvalue weighted by atomic mass is 9.75. The van der Waals surface area contributed by atoms with Crippen LogP contribution in [-0.4, -0.2) is 16.8 Å². The van der Waals surface area contributed by atoms with Gasteiger partial charge in [0.25, 0.3) is 0 Å². The zero-order valence-corrected chi connectivity index (χ0v) is 12.5. The summed E-state index contributed by atoms with van der Waals surface area (Å²) < 4.78 is 0. The second kappa shape index (κ2) is 4.58. The quantitative estimate of drug-likeness (QED) is 0.842. The molecule has 108 valence electrons. The highest BCUT2D eigenvalue weighted by Gasteiger charge is 2.48. The average Bonchev–Trinajstić information content (AvgIpc) is 2.47. The van der Waals surface area contributed by atoms with Crippen molar-refractivity contribution in [3.8, 4) is 0 Å². The molecule has 1 aromatic rings. The molecule has 0 aromatic heterocycles. The summed E-state index contributed by atoms with van der Waals surface area (Å²) in [5.41, 5.74) is -0.0499. The Morgan fingerprint density at radius 2 is 1.86 bits per heavy atom. The van der Waals surface area contributed by atoms with Crippen LogP contribution in [0.1, 0.15) is 26.3 Å². The maximum atomic E-state index is 12.5. The Balaban J connectivity index is 2.21. The van der Waals surface area contributed by atoms with Gasteiger partial charge in [0.15, 0.2) is 5.66 Å². The van der Waals surface area contributed by atoms with Gasteiger partial charge in [0.05, 0.1) is 0 Å². The lowest BCUT2D eigenvalue weighted by molar-refractivity contribution is 0.132. The van der Waals surface area contributed by atoms with Crippen molar-refractivity contribution in [3.63, 3.8) is 0 Å². The van der Waals surface area contributed by atoms with E-state index in [1.165, 1.54) is 4.90 Å². The highest BCUT2D eigenvalue weighted by atomic mass is 16.2. The van der Waals surface area contributed by atoms with Gasteiger partial charge < -0.3 is 5.32 Å². The number of benzene rings is 1. The van der Waals surface area contributed by atoms with E-state index in [2.05, 4.69) is 26.1 Å². The zero-order valence-electron chi connectivity index (χ0n) is 12.5. The topological polar surface area (TPSA) is 44.7 Å². The molecule has 2 amide bonds. The van der Waals surface area contributed by atoms with E-state index in [0.717, 1.165) is 5.56 Å². The number of aliphatic imine (C=N–C) groups is 1. The molecule has 0 radical (unpaired) electrons. The van der Waals surface area contributed by atoms with Gasteiger partial charge in [-0.3, -0.25) is 4.90 Å². The third-order valence-electron chi connectivity index (χ3n) is 3.90. The number of allylic oxidation sites excluding steroid dienone is 2. The first-order valence-electron chi connectivity index (χ1n) is 7.06. The zero-order chi connectivity index (χ0) is 15.1. The third kappa shape index (κ3) is 2.07.